The van der Waals surface area contributed by atoms with Crippen LogP contribution in [-0.2, 0) is 25.6 Å². The summed E-state index contributed by atoms with van der Waals surface area (Å²) in [5, 5.41) is 0. The Kier molecular flexibility index (Phi) is 7.73. The van der Waals surface area contributed by atoms with Crippen molar-refractivity contribution in [3.05, 3.63) is 35.9 Å². The normalized spacial score (nSPS) is 19.7. The molecule has 1 aliphatic rings. The van der Waals surface area contributed by atoms with Crippen LogP contribution in [0, 0.1) is 0 Å². The van der Waals surface area contributed by atoms with Gasteiger partial charge in [0.2, 0.25) is 0 Å². The Labute approximate surface area is 149 Å². The zero-order valence-electron chi connectivity index (χ0n) is 15.0. The van der Waals surface area contributed by atoms with E-state index in [0.717, 1.165) is 24.8 Å². The quantitative estimate of drug-likeness (QED) is 0.533. The molecule has 1 amide bonds. The number of methoxy groups -OCH3 is 1. The number of carbonyl (C=O) groups excluding carboxylic acids is 2. The van der Waals surface area contributed by atoms with Crippen molar-refractivity contribution in [2.45, 2.75) is 51.3 Å². The van der Waals surface area contributed by atoms with Crippen molar-refractivity contribution in [2.24, 2.45) is 0 Å². The molecule has 6 heteroatoms. The van der Waals surface area contributed by atoms with Crippen LogP contribution in [0.5, 0.6) is 0 Å². The predicted molar refractivity (Wildman–Crippen MR) is 93.0 cm³/mol. The molecule has 0 aliphatic carbocycles. The van der Waals surface area contributed by atoms with Crippen LogP contribution in [-0.4, -0.2) is 49.4 Å². The highest BCUT2D eigenvalue weighted by Crippen LogP contribution is 2.29. The summed E-state index contributed by atoms with van der Waals surface area (Å²) >= 11 is 0. The van der Waals surface area contributed by atoms with Crippen molar-refractivity contribution < 1.29 is 23.8 Å². The Balaban J connectivity index is 1.80. The fraction of sp³-hybridized carbons (Fsp3) is 0.579. The van der Waals surface area contributed by atoms with E-state index in [-0.39, 0.29) is 18.6 Å². The number of esters is 1. The molecule has 0 unspecified atom stereocenters. The molecule has 1 aromatic carbocycles. The molecule has 0 aromatic heterocycles. The highest BCUT2D eigenvalue weighted by atomic mass is 16.6. The maximum atomic E-state index is 12.2. The number of amides is 1. The molecule has 0 radical (unpaired) electrons. The number of hydrogen-bond acceptors (Lipinski definition) is 5. The van der Waals surface area contributed by atoms with Gasteiger partial charge in [-0.15, -0.1) is 0 Å². The minimum atomic E-state index is -0.542. The smallest absolute Gasteiger partial charge is 0.410 e. The fourth-order valence-corrected chi connectivity index (χ4v) is 3.19. The lowest BCUT2D eigenvalue weighted by Crippen LogP contribution is -2.45. The number of likely N-dealkylation sites (tertiary alicyclic amines) is 1. The summed E-state index contributed by atoms with van der Waals surface area (Å²) in [7, 11) is 1.34. The summed E-state index contributed by atoms with van der Waals surface area (Å²) in [5.74, 6) is -0.379. The van der Waals surface area contributed by atoms with Gasteiger partial charge in [0, 0.05) is 12.6 Å². The second-order valence-electron chi connectivity index (χ2n) is 6.06. The number of hydrogen-bond donors (Lipinski definition) is 0. The van der Waals surface area contributed by atoms with Crippen molar-refractivity contribution >= 4 is 12.1 Å². The zero-order chi connectivity index (χ0) is 18.1. The minimum absolute atomic E-state index is 0.0107. The second-order valence-corrected chi connectivity index (χ2v) is 6.06. The van der Waals surface area contributed by atoms with E-state index in [1.54, 1.807) is 11.8 Å². The Morgan fingerprint density at radius 3 is 2.64 bits per heavy atom. The lowest BCUT2D eigenvalue weighted by Gasteiger charge is -2.28. The first-order valence-electron chi connectivity index (χ1n) is 8.82. The summed E-state index contributed by atoms with van der Waals surface area (Å²) in [6.45, 7) is 3.24. The van der Waals surface area contributed by atoms with E-state index in [4.69, 9.17) is 14.2 Å². The van der Waals surface area contributed by atoms with Crippen LogP contribution >= 0.6 is 0 Å². The third-order valence-electron chi connectivity index (χ3n) is 4.39. The first-order chi connectivity index (χ1) is 12.2. The number of rotatable bonds is 8. The van der Waals surface area contributed by atoms with Gasteiger partial charge in [0.05, 0.1) is 20.3 Å². The molecule has 1 aliphatic heterocycles. The van der Waals surface area contributed by atoms with Gasteiger partial charge in [-0.3, -0.25) is 4.90 Å². The van der Waals surface area contributed by atoms with Gasteiger partial charge in [-0.2, -0.15) is 0 Å². The van der Waals surface area contributed by atoms with E-state index < -0.39 is 12.1 Å². The van der Waals surface area contributed by atoms with Crippen molar-refractivity contribution in [2.75, 3.05) is 20.3 Å². The molecule has 2 atom stereocenters. The molecule has 0 N–H and O–H groups in total. The van der Waals surface area contributed by atoms with E-state index in [9.17, 15) is 9.59 Å². The van der Waals surface area contributed by atoms with Crippen LogP contribution in [0.4, 0.5) is 4.79 Å². The number of carbonyl (C=O) groups is 2. The van der Waals surface area contributed by atoms with Crippen molar-refractivity contribution in [1.29, 1.82) is 0 Å². The van der Waals surface area contributed by atoms with E-state index in [1.807, 2.05) is 30.3 Å². The standard InChI is InChI=1S/C19H27NO5/c1-3-25-19(22)20-16(11-12-17(20)18(21)23-2)10-7-13-24-14-15-8-5-4-6-9-15/h4-6,8-9,16-17H,3,7,10-14H2,1-2H3/t16-,17-/m0/s1. The van der Waals surface area contributed by atoms with Crippen LogP contribution in [0.15, 0.2) is 30.3 Å². The Bertz CT molecular complexity index is 548. The van der Waals surface area contributed by atoms with E-state index >= 15 is 0 Å². The topological polar surface area (TPSA) is 65.1 Å². The highest BCUT2D eigenvalue weighted by Gasteiger charge is 2.42. The average molecular weight is 349 g/mol. The second kappa shape index (κ2) is 10.0. The summed E-state index contributed by atoms with van der Waals surface area (Å²) < 4.78 is 15.6. The van der Waals surface area contributed by atoms with E-state index in [2.05, 4.69) is 0 Å². The van der Waals surface area contributed by atoms with Crippen molar-refractivity contribution in [3.63, 3.8) is 0 Å². The summed E-state index contributed by atoms with van der Waals surface area (Å²) in [6.07, 6.45) is 2.55. The van der Waals surface area contributed by atoms with Crippen molar-refractivity contribution in [1.82, 2.24) is 4.90 Å². The molecule has 25 heavy (non-hydrogen) atoms. The molecule has 0 bridgehead atoms. The summed E-state index contributed by atoms with van der Waals surface area (Å²) in [4.78, 5) is 25.7. The molecule has 0 saturated carbocycles. The zero-order valence-corrected chi connectivity index (χ0v) is 15.0. The third kappa shape index (κ3) is 5.46. The monoisotopic (exact) mass is 349 g/mol. The van der Waals surface area contributed by atoms with E-state index in [0.29, 0.717) is 19.6 Å². The van der Waals surface area contributed by atoms with Crippen LogP contribution in [0.2, 0.25) is 0 Å². The van der Waals surface area contributed by atoms with Gasteiger partial charge in [-0.1, -0.05) is 30.3 Å². The van der Waals surface area contributed by atoms with Gasteiger partial charge in [0.1, 0.15) is 6.04 Å². The molecule has 1 aromatic rings. The average Bonchev–Trinajstić information content (AvgIpc) is 3.06. The number of ether oxygens (including phenoxy) is 3. The molecule has 2 rings (SSSR count). The van der Waals surface area contributed by atoms with Crippen LogP contribution in [0.1, 0.15) is 38.2 Å². The Hall–Kier alpha value is -2.08. The maximum Gasteiger partial charge on any atom is 0.410 e. The highest BCUT2D eigenvalue weighted by molar-refractivity contribution is 5.82. The summed E-state index contributed by atoms with van der Waals surface area (Å²) in [5.41, 5.74) is 1.14. The minimum Gasteiger partial charge on any atom is -0.467 e. The Morgan fingerprint density at radius 1 is 1.20 bits per heavy atom. The summed E-state index contributed by atoms with van der Waals surface area (Å²) in [6, 6.07) is 9.46. The van der Waals surface area contributed by atoms with Crippen molar-refractivity contribution in [3.8, 4) is 0 Å². The lowest BCUT2D eigenvalue weighted by molar-refractivity contribution is -0.145. The van der Waals surface area contributed by atoms with Crippen LogP contribution in [0.3, 0.4) is 0 Å². The first kappa shape index (κ1) is 19.2. The molecule has 0 spiro atoms. The SMILES string of the molecule is CCOC(=O)N1[C@@H](CCCOCc2ccccc2)CC[C@H]1C(=O)OC. The predicted octanol–water partition coefficient (Wildman–Crippen LogP) is 3.15. The van der Waals surface area contributed by atoms with Gasteiger partial charge >= 0.3 is 12.1 Å². The van der Waals surface area contributed by atoms with Crippen LogP contribution in [0.25, 0.3) is 0 Å². The fourth-order valence-electron chi connectivity index (χ4n) is 3.19. The largest absolute Gasteiger partial charge is 0.467 e. The molecule has 138 valence electrons. The van der Waals surface area contributed by atoms with Gasteiger partial charge in [0.15, 0.2) is 0 Å². The van der Waals surface area contributed by atoms with Gasteiger partial charge < -0.3 is 14.2 Å². The van der Waals surface area contributed by atoms with Gasteiger partial charge in [-0.05, 0) is 38.2 Å². The molecule has 6 nitrogen and oxygen atoms in total. The molecule has 1 heterocycles. The first-order valence-corrected chi connectivity index (χ1v) is 8.82. The maximum absolute atomic E-state index is 12.2. The molecular formula is C19H27NO5. The number of benzene rings is 1. The van der Waals surface area contributed by atoms with E-state index in [1.165, 1.54) is 7.11 Å². The molecule has 1 fully saturated rings. The third-order valence-corrected chi connectivity index (χ3v) is 4.39. The number of nitrogens with zero attached hydrogens (tertiary/aromatic N) is 1. The molecular weight excluding hydrogens is 322 g/mol. The molecule has 1 saturated heterocycles. The van der Waals surface area contributed by atoms with Crippen LogP contribution < -0.4 is 0 Å². The van der Waals surface area contributed by atoms with Gasteiger partial charge in [-0.25, -0.2) is 9.59 Å². The van der Waals surface area contributed by atoms with Gasteiger partial charge in [0.25, 0.3) is 0 Å². The Morgan fingerprint density at radius 2 is 1.96 bits per heavy atom. The lowest BCUT2D eigenvalue weighted by atomic mass is 10.1.